The quantitative estimate of drug-likeness (QED) is 0.828. The van der Waals surface area contributed by atoms with Gasteiger partial charge < -0.3 is 5.32 Å². The van der Waals surface area contributed by atoms with E-state index in [4.69, 9.17) is 0 Å². The summed E-state index contributed by atoms with van der Waals surface area (Å²) in [5.74, 6) is 0. The van der Waals surface area contributed by atoms with E-state index in [2.05, 4.69) is 37.2 Å². The van der Waals surface area contributed by atoms with Crippen LogP contribution in [-0.2, 0) is 6.54 Å². The van der Waals surface area contributed by atoms with E-state index in [1.807, 2.05) is 12.3 Å². The Labute approximate surface area is 99.0 Å². The molecule has 1 aromatic heterocycles. The predicted molar refractivity (Wildman–Crippen MR) is 64.7 cm³/mol. The molecule has 3 nitrogen and oxygen atoms in total. The standard InChI is InChI=1S/C11H16BrN3/c12-11-3-2-10(8-14-11)9-15-6-1-4-13-5-7-15/h2-3,8,13H,1,4-7,9H2. The van der Waals surface area contributed by atoms with Crippen molar-refractivity contribution in [3.63, 3.8) is 0 Å². The number of pyridine rings is 1. The van der Waals surface area contributed by atoms with Gasteiger partial charge in [0, 0.05) is 25.8 Å². The Morgan fingerprint density at radius 1 is 1.33 bits per heavy atom. The van der Waals surface area contributed by atoms with Crippen molar-refractivity contribution in [2.24, 2.45) is 0 Å². The van der Waals surface area contributed by atoms with Gasteiger partial charge in [0.2, 0.25) is 0 Å². The van der Waals surface area contributed by atoms with Gasteiger partial charge in [0.15, 0.2) is 0 Å². The molecule has 0 aliphatic carbocycles. The van der Waals surface area contributed by atoms with Gasteiger partial charge in [-0.3, -0.25) is 4.90 Å². The SMILES string of the molecule is Brc1ccc(CN2CCCNCC2)cn1. The summed E-state index contributed by atoms with van der Waals surface area (Å²) in [4.78, 5) is 6.72. The molecule has 0 saturated carbocycles. The largest absolute Gasteiger partial charge is 0.315 e. The average Bonchev–Trinajstić information content (AvgIpc) is 2.50. The Bertz CT molecular complexity index is 291. The fourth-order valence-electron chi connectivity index (χ4n) is 1.82. The molecular weight excluding hydrogens is 254 g/mol. The molecule has 0 radical (unpaired) electrons. The summed E-state index contributed by atoms with van der Waals surface area (Å²) >= 11 is 3.35. The molecule has 0 atom stereocenters. The number of halogens is 1. The van der Waals surface area contributed by atoms with Crippen molar-refractivity contribution in [3.05, 3.63) is 28.5 Å². The zero-order chi connectivity index (χ0) is 10.5. The Kier molecular flexibility index (Phi) is 4.11. The van der Waals surface area contributed by atoms with E-state index in [1.165, 1.54) is 18.5 Å². The third-order valence-corrected chi connectivity index (χ3v) is 3.10. The van der Waals surface area contributed by atoms with Crippen molar-refractivity contribution in [1.82, 2.24) is 15.2 Å². The first-order valence-corrected chi connectivity index (χ1v) is 6.17. The van der Waals surface area contributed by atoms with E-state index >= 15 is 0 Å². The molecule has 15 heavy (non-hydrogen) atoms. The van der Waals surface area contributed by atoms with E-state index in [-0.39, 0.29) is 0 Å². The Hall–Kier alpha value is -0.450. The highest BCUT2D eigenvalue weighted by atomic mass is 79.9. The Morgan fingerprint density at radius 3 is 3.07 bits per heavy atom. The van der Waals surface area contributed by atoms with Crippen LogP contribution in [0.25, 0.3) is 0 Å². The van der Waals surface area contributed by atoms with E-state index < -0.39 is 0 Å². The molecule has 2 heterocycles. The minimum Gasteiger partial charge on any atom is -0.315 e. The lowest BCUT2D eigenvalue weighted by Gasteiger charge is -2.18. The van der Waals surface area contributed by atoms with Crippen LogP contribution in [0, 0.1) is 0 Å². The Balaban J connectivity index is 1.92. The van der Waals surface area contributed by atoms with Crippen molar-refractivity contribution < 1.29 is 0 Å². The molecule has 1 N–H and O–H groups in total. The van der Waals surface area contributed by atoms with Crippen molar-refractivity contribution in [2.45, 2.75) is 13.0 Å². The molecular formula is C11H16BrN3. The summed E-state index contributed by atoms with van der Waals surface area (Å²) in [6, 6.07) is 4.14. The first-order valence-electron chi connectivity index (χ1n) is 5.38. The summed E-state index contributed by atoms with van der Waals surface area (Å²) in [5.41, 5.74) is 1.29. The summed E-state index contributed by atoms with van der Waals surface area (Å²) in [7, 11) is 0. The summed E-state index contributed by atoms with van der Waals surface area (Å²) < 4.78 is 0.906. The molecule has 82 valence electrons. The summed E-state index contributed by atoms with van der Waals surface area (Å²) in [6.45, 7) is 5.58. The van der Waals surface area contributed by atoms with Crippen molar-refractivity contribution in [1.29, 1.82) is 0 Å². The lowest BCUT2D eigenvalue weighted by atomic mass is 10.2. The highest BCUT2D eigenvalue weighted by Gasteiger charge is 2.08. The Morgan fingerprint density at radius 2 is 2.27 bits per heavy atom. The highest BCUT2D eigenvalue weighted by molar-refractivity contribution is 9.10. The molecule has 1 aliphatic rings. The van der Waals surface area contributed by atoms with Gasteiger partial charge in [-0.2, -0.15) is 0 Å². The number of rotatable bonds is 2. The molecule has 1 aromatic rings. The number of nitrogens with zero attached hydrogens (tertiary/aromatic N) is 2. The van der Waals surface area contributed by atoms with E-state index in [9.17, 15) is 0 Å². The minimum atomic E-state index is 0.906. The van der Waals surface area contributed by atoms with Gasteiger partial charge in [-0.1, -0.05) is 6.07 Å². The summed E-state index contributed by atoms with van der Waals surface area (Å²) in [5, 5.41) is 3.41. The van der Waals surface area contributed by atoms with Crippen LogP contribution in [0.2, 0.25) is 0 Å². The van der Waals surface area contributed by atoms with Crippen molar-refractivity contribution >= 4 is 15.9 Å². The van der Waals surface area contributed by atoms with Crippen LogP contribution in [-0.4, -0.2) is 36.1 Å². The predicted octanol–water partition coefficient (Wildman–Crippen LogP) is 1.64. The first-order chi connectivity index (χ1) is 7.34. The fraction of sp³-hybridized carbons (Fsp3) is 0.545. The second-order valence-corrected chi connectivity index (χ2v) is 4.68. The molecule has 0 amide bonds. The topological polar surface area (TPSA) is 28.2 Å². The lowest BCUT2D eigenvalue weighted by molar-refractivity contribution is 0.284. The smallest absolute Gasteiger partial charge is 0.106 e. The van der Waals surface area contributed by atoms with Crippen molar-refractivity contribution in [2.75, 3.05) is 26.2 Å². The van der Waals surface area contributed by atoms with Crippen LogP contribution < -0.4 is 5.32 Å². The molecule has 1 saturated heterocycles. The molecule has 0 aromatic carbocycles. The molecule has 2 rings (SSSR count). The summed E-state index contributed by atoms with van der Waals surface area (Å²) in [6.07, 6.45) is 3.19. The van der Waals surface area contributed by atoms with Crippen LogP contribution in [0.3, 0.4) is 0 Å². The van der Waals surface area contributed by atoms with Crippen LogP contribution in [0.15, 0.2) is 22.9 Å². The number of nitrogens with one attached hydrogen (secondary N) is 1. The normalized spacial score (nSPS) is 18.7. The molecule has 4 heteroatoms. The van der Waals surface area contributed by atoms with E-state index in [1.54, 1.807) is 0 Å². The van der Waals surface area contributed by atoms with Crippen LogP contribution >= 0.6 is 15.9 Å². The van der Waals surface area contributed by atoms with E-state index in [0.717, 1.165) is 30.8 Å². The molecule has 1 aliphatic heterocycles. The fourth-order valence-corrected chi connectivity index (χ4v) is 2.05. The molecule has 1 fully saturated rings. The maximum atomic E-state index is 4.24. The molecule has 0 unspecified atom stereocenters. The van der Waals surface area contributed by atoms with Crippen LogP contribution in [0.4, 0.5) is 0 Å². The van der Waals surface area contributed by atoms with Crippen LogP contribution in [0.5, 0.6) is 0 Å². The van der Waals surface area contributed by atoms with Gasteiger partial charge in [0.1, 0.15) is 4.60 Å². The lowest BCUT2D eigenvalue weighted by Crippen LogP contribution is -2.27. The third kappa shape index (κ3) is 3.55. The van der Waals surface area contributed by atoms with Gasteiger partial charge in [0.05, 0.1) is 0 Å². The zero-order valence-corrected chi connectivity index (χ0v) is 10.3. The number of hydrogen-bond acceptors (Lipinski definition) is 3. The van der Waals surface area contributed by atoms with Gasteiger partial charge in [-0.25, -0.2) is 4.98 Å². The average molecular weight is 270 g/mol. The van der Waals surface area contributed by atoms with E-state index in [0.29, 0.717) is 0 Å². The number of hydrogen-bond donors (Lipinski definition) is 1. The maximum absolute atomic E-state index is 4.24. The minimum absolute atomic E-state index is 0.906. The molecule has 0 bridgehead atoms. The first kappa shape index (κ1) is 11.0. The van der Waals surface area contributed by atoms with Crippen molar-refractivity contribution in [3.8, 4) is 0 Å². The monoisotopic (exact) mass is 269 g/mol. The van der Waals surface area contributed by atoms with Gasteiger partial charge in [-0.15, -0.1) is 0 Å². The second-order valence-electron chi connectivity index (χ2n) is 3.87. The second kappa shape index (κ2) is 5.58. The van der Waals surface area contributed by atoms with Gasteiger partial charge in [0.25, 0.3) is 0 Å². The zero-order valence-electron chi connectivity index (χ0n) is 8.75. The van der Waals surface area contributed by atoms with Crippen LogP contribution in [0.1, 0.15) is 12.0 Å². The number of aromatic nitrogens is 1. The van der Waals surface area contributed by atoms with Gasteiger partial charge in [-0.05, 0) is 47.1 Å². The maximum Gasteiger partial charge on any atom is 0.106 e. The third-order valence-electron chi connectivity index (χ3n) is 2.63. The highest BCUT2D eigenvalue weighted by Crippen LogP contribution is 2.09. The molecule has 0 spiro atoms. The van der Waals surface area contributed by atoms with Gasteiger partial charge >= 0.3 is 0 Å².